The number of halogens is 4. The standard InChI is InChI=1S/C19H14ClF3N4O/c20-14-6-13(7-16(8-14)28-19(21,22)23)18-9-17(12-3-5-25-10-12)26-27(18)15-2-1-4-24-11-15/h1-2,4,6-11,25H,3,5H2. The summed E-state index contributed by atoms with van der Waals surface area (Å²) in [5.74, 6) is -0.391. The maximum absolute atomic E-state index is 12.7. The molecule has 5 nitrogen and oxygen atoms in total. The molecular weight excluding hydrogens is 393 g/mol. The Kier molecular flexibility index (Phi) is 4.72. The van der Waals surface area contributed by atoms with Gasteiger partial charge in [0.15, 0.2) is 0 Å². The summed E-state index contributed by atoms with van der Waals surface area (Å²) >= 11 is 6.05. The molecular formula is C19H14ClF3N4O. The highest BCUT2D eigenvalue weighted by molar-refractivity contribution is 6.31. The molecule has 0 aliphatic carbocycles. The minimum absolute atomic E-state index is 0.124. The second-order valence-corrected chi connectivity index (χ2v) is 6.57. The van der Waals surface area contributed by atoms with Gasteiger partial charge in [-0.15, -0.1) is 13.2 Å². The number of nitrogens with zero attached hydrogens (tertiary/aromatic N) is 3. The van der Waals surface area contributed by atoms with E-state index in [1.165, 1.54) is 6.07 Å². The average molecular weight is 407 g/mol. The van der Waals surface area contributed by atoms with Crippen LogP contribution in [-0.2, 0) is 0 Å². The fraction of sp³-hybridized carbons (Fsp3) is 0.158. The highest BCUT2D eigenvalue weighted by atomic mass is 35.5. The summed E-state index contributed by atoms with van der Waals surface area (Å²) in [6.45, 7) is 0.811. The molecule has 4 rings (SSSR count). The minimum Gasteiger partial charge on any atom is -0.406 e. The summed E-state index contributed by atoms with van der Waals surface area (Å²) in [6, 6.07) is 9.36. The number of nitrogens with one attached hydrogen (secondary N) is 1. The molecule has 28 heavy (non-hydrogen) atoms. The van der Waals surface area contributed by atoms with Crippen LogP contribution in [-0.4, -0.2) is 27.7 Å². The van der Waals surface area contributed by atoms with E-state index in [2.05, 4.69) is 20.1 Å². The van der Waals surface area contributed by atoms with E-state index < -0.39 is 12.1 Å². The molecule has 1 aliphatic rings. The maximum atomic E-state index is 12.7. The normalized spacial score (nSPS) is 13.9. The third-order valence-corrected chi connectivity index (χ3v) is 4.36. The van der Waals surface area contributed by atoms with Gasteiger partial charge in [0.25, 0.3) is 0 Å². The lowest BCUT2D eigenvalue weighted by molar-refractivity contribution is -0.274. The van der Waals surface area contributed by atoms with Crippen LogP contribution in [0.3, 0.4) is 0 Å². The van der Waals surface area contributed by atoms with Crippen molar-refractivity contribution in [1.82, 2.24) is 20.1 Å². The van der Waals surface area contributed by atoms with E-state index in [0.29, 0.717) is 16.9 Å². The molecule has 0 amide bonds. The Balaban J connectivity index is 1.84. The van der Waals surface area contributed by atoms with Gasteiger partial charge in [0.05, 0.1) is 23.3 Å². The second-order valence-electron chi connectivity index (χ2n) is 6.13. The average Bonchev–Trinajstić information content (AvgIpc) is 3.30. The van der Waals surface area contributed by atoms with Gasteiger partial charge >= 0.3 is 6.36 Å². The number of aromatic nitrogens is 3. The van der Waals surface area contributed by atoms with Crippen molar-refractivity contribution in [1.29, 1.82) is 0 Å². The summed E-state index contributed by atoms with van der Waals surface area (Å²) in [6.07, 6.45) is 1.14. The van der Waals surface area contributed by atoms with E-state index in [1.807, 2.05) is 18.3 Å². The van der Waals surface area contributed by atoms with Crippen LogP contribution in [0.5, 0.6) is 5.75 Å². The largest absolute Gasteiger partial charge is 0.573 e. The summed E-state index contributed by atoms with van der Waals surface area (Å²) in [7, 11) is 0. The molecule has 0 radical (unpaired) electrons. The van der Waals surface area contributed by atoms with E-state index in [-0.39, 0.29) is 5.02 Å². The highest BCUT2D eigenvalue weighted by Crippen LogP contribution is 2.34. The Bertz CT molecular complexity index is 1030. The van der Waals surface area contributed by atoms with Gasteiger partial charge in [0.2, 0.25) is 0 Å². The van der Waals surface area contributed by atoms with Crippen molar-refractivity contribution < 1.29 is 17.9 Å². The molecule has 0 spiro atoms. The predicted octanol–water partition coefficient (Wildman–Crippen LogP) is 4.82. The molecule has 0 saturated carbocycles. The fourth-order valence-electron chi connectivity index (χ4n) is 3.00. The lowest BCUT2D eigenvalue weighted by atomic mass is 10.1. The van der Waals surface area contributed by atoms with Gasteiger partial charge in [-0.3, -0.25) is 4.98 Å². The second kappa shape index (κ2) is 7.20. The van der Waals surface area contributed by atoms with Crippen LogP contribution in [0, 0.1) is 0 Å². The minimum atomic E-state index is -4.81. The van der Waals surface area contributed by atoms with E-state index >= 15 is 0 Å². The van der Waals surface area contributed by atoms with Crippen LogP contribution in [0.4, 0.5) is 13.2 Å². The Labute approximate surface area is 163 Å². The number of hydrogen-bond donors (Lipinski definition) is 1. The first-order chi connectivity index (χ1) is 13.4. The third kappa shape index (κ3) is 3.96. The molecule has 0 fully saturated rings. The highest BCUT2D eigenvalue weighted by Gasteiger charge is 2.31. The third-order valence-electron chi connectivity index (χ3n) is 4.14. The predicted molar refractivity (Wildman–Crippen MR) is 99.1 cm³/mol. The van der Waals surface area contributed by atoms with Crippen molar-refractivity contribution >= 4 is 17.2 Å². The van der Waals surface area contributed by atoms with E-state index in [0.717, 1.165) is 30.3 Å². The van der Waals surface area contributed by atoms with Crippen molar-refractivity contribution in [3.05, 3.63) is 65.7 Å². The number of alkyl halides is 3. The SMILES string of the molecule is FC(F)(F)Oc1cc(Cl)cc(-c2cc(C3=CNCC3)nn2-c2cccnc2)c1. The van der Waals surface area contributed by atoms with Crippen LogP contribution in [0.15, 0.2) is 55.0 Å². The van der Waals surface area contributed by atoms with Gasteiger partial charge in [-0.05, 0) is 48.4 Å². The first kappa shape index (κ1) is 18.4. The van der Waals surface area contributed by atoms with Gasteiger partial charge in [0.1, 0.15) is 5.75 Å². The lowest BCUT2D eigenvalue weighted by Gasteiger charge is -2.12. The smallest absolute Gasteiger partial charge is 0.406 e. The van der Waals surface area contributed by atoms with Crippen LogP contribution < -0.4 is 10.1 Å². The van der Waals surface area contributed by atoms with E-state index in [9.17, 15) is 13.2 Å². The maximum Gasteiger partial charge on any atom is 0.573 e. The van der Waals surface area contributed by atoms with Gasteiger partial charge in [-0.25, -0.2) is 4.68 Å². The van der Waals surface area contributed by atoms with Crippen molar-refractivity contribution in [3.8, 4) is 22.7 Å². The fourth-order valence-corrected chi connectivity index (χ4v) is 3.22. The van der Waals surface area contributed by atoms with Crippen molar-refractivity contribution in [2.45, 2.75) is 12.8 Å². The van der Waals surface area contributed by atoms with Gasteiger partial charge in [-0.1, -0.05) is 11.6 Å². The Morgan fingerprint density at radius 2 is 2.04 bits per heavy atom. The zero-order valence-electron chi connectivity index (χ0n) is 14.4. The monoisotopic (exact) mass is 406 g/mol. The van der Waals surface area contributed by atoms with Gasteiger partial charge in [-0.2, -0.15) is 5.10 Å². The van der Waals surface area contributed by atoms with Crippen molar-refractivity contribution in [2.75, 3.05) is 6.54 Å². The number of rotatable bonds is 4. The van der Waals surface area contributed by atoms with Crippen molar-refractivity contribution in [3.63, 3.8) is 0 Å². The topological polar surface area (TPSA) is 52.0 Å². The molecule has 0 bridgehead atoms. The molecule has 3 aromatic rings. The molecule has 1 N–H and O–H groups in total. The zero-order chi connectivity index (χ0) is 19.7. The molecule has 0 unspecified atom stereocenters. The number of hydrogen-bond acceptors (Lipinski definition) is 4. The van der Waals surface area contributed by atoms with Gasteiger partial charge < -0.3 is 10.1 Å². The summed E-state index contributed by atoms with van der Waals surface area (Å²) < 4.78 is 43.6. The van der Waals surface area contributed by atoms with Gasteiger partial charge in [0, 0.05) is 29.5 Å². The van der Waals surface area contributed by atoms with Crippen LogP contribution in [0.1, 0.15) is 12.1 Å². The molecule has 1 aromatic carbocycles. The van der Waals surface area contributed by atoms with Crippen molar-refractivity contribution in [2.24, 2.45) is 0 Å². The molecule has 3 heterocycles. The summed E-state index contributed by atoms with van der Waals surface area (Å²) in [5.41, 5.74) is 3.43. The number of benzene rings is 1. The Morgan fingerprint density at radius 3 is 2.71 bits per heavy atom. The van der Waals surface area contributed by atoms with Crippen LogP contribution in [0.2, 0.25) is 5.02 Å². The summed E-state index contributed by atoms with van der Waals surface area (Å²) in [4.78, 5) is 4.10. The Hall–Kier alpha value is -3.00. The Morgan fingerprint density at radius 1 is 1.18 bits per heavy atom. The molecule has 144 valence electrons. The first-order valence-electron chi connectivity index (χ1n) is 8.39. The number of ether oxygens (including phenoxy) is 1. The molecule has 1 aliphatic heterocycles. The van der Waals surface area contributed by atoms with E-state index in [1.54, 1.807) is 29.2 Å². The summed E-state index contributed by atoms with van der Waals surface area (Å²) in [5, 5.41) is 7.89. The quantitative estimate of drug-likeness (QED) is 0.675. The van der Waals surface area contributed by atoms with E-state index in [4.69, 9.17) is 11.6 Å². The molecule has 9 heteroatoms. The zero-order valence-corrected chi connectivity index (χ0v) is 15.1. The first-order valence-corrected chi connectivity index (χ1v) is 8.77. The molecule has 2 aromatic heterocycles. The molecule has 0 atom stereocenters. The number of pyridine rings is 1. The lowest BCUT2D eigenvalue weighted by Crippen LogP contribution is -2.17. The molecule has 0 saturated heterocycles. The van der Waals surface area contributed by atoms with Crippen LogP contribution >= 0.6 is 11.6 Å². The van der Waals surface area contributed by atoms with Crippen LogP contribution in [0.25, 0.3) is 22.5 Å².